The van der Waals surface area contributed by atoms with E-state index in [0.717, 1.165) is 24.1 Å². The Labute approximate surface area is 162 Å². The summed E-state index contributed by atoms with van der Waals surface area (Å²) in [6.07, 6.45) is -7.47. The summed E-state index contributed by atoms with van der Waals surface area (Å²) in [5, 5.41) is 0. The largest absolute Gasteiger partial charge is 0.419 e. The molecule has 1 aromatic carbocycles. The van der Waals surface area contributed by atoms with Crippen LogP contribution in [0.2, 0.25) is 0 Å². The van der Waals surface area contributed by atoms with Gasteiger partial charge in [-0.1, -0.05) is 0 Å². The van der Waals surface area contributed by atoms with Crippen LogP contribution < -0.4 is 4.72 Å². The quantitative estimate of drug-likeness (QED) is 0.360. The standard InChI is InChI=1S/C17H9F8N3S/c18-11-5-14(12(19)4-10(11)17(23,24)25)28-29-9-3-15(27-7-9)13-2-1-8(6-26-13)16(20,21)22/h1-7,27-28H. The molecule has 3 aromatic rings. The normalized spacial score (nSPS) is 12.3. The molecule has 29 heavy (non-hydrogen) atoms. The van der Waals surface area contributed by atoms with Crippen LogP contribution in [0.1, 0.15) is 11.1 Å². The average Bonchev–Trinajstić information content (AvgIpc) is 3.09. The van der Waals surface area contributed by atoms with Gasteiger partial charge in [-0.05, 0) is 36.2 Å². The van der Waals surface area contributed by atoms with Gasteiger partial charge >= 0.3 is 12.4 Å². The second kappa shape index (κ2) is 7.58. The highest BCUT2D eigenvalue weighted by Gasteiger charge is 2.35. The number of nitrogens with one attached hydrogen (secondary N) is 2. The number of pyridine rings is 1. The van der Waals surface area contributed by atoms with E-state index in [1.54, 1.807) is 0 Å². The average molecular weight is 439 g/mol. The summed E-state index contributed by atoms with van der Waals surface area (Å²) in [6.45, 7) is 0. The number of benzene rings is 1. The van der Waals surface area contributed by atoms with Crippen LogP contribution in [0, 0.1) is 11.6 Å². The Morgan fingerprint density at radius 2 is 1.62 bits per heavy atom. The first-order chi connectivity index (χ1) is 13.4. The fourth-order valence-corrected chi connectivity index (χ4v) is 2.94. The van der Waals surface area contributed by atoms with E-state index in [1.807, 2.05) is 0 Å². The van der Waals surface area contributed by atoms with Gasteiger partial charge in [0.05, 0.1) is 28.2 Å². The minimum Gasteiger partial charge on any atom is -0.359 e. The van der Waals surface area contributed by atoms with Crippen molar-refractivity contribution in [3.05, 3.63) is 65.5 Å². The summed E-state index contributed by atoms with van der Waals surface area (Å²) in [7, 11) is 0. The second-order valence-electron chi connectivity index (χ2n) is 5.69. The highest BCUT2D eigenvalue weighted by Crippen LogP contribution is 2.35. The number of hydrogen-bond donors (Lipinski definition) is 2. The van der Waals surface area contributed by atoms with E-state index in [0.29, 0.717) is 22.9 Å². The van der Waals surface area contributed by atoms with E-state index < -0.39 is 40.8 Å². The van der Waals surface area contributed by atoms with Crippen molar-refractivity contribution in [1.29, 1.82) is 0 Å². The van der Waals surface area contributed by atoms with Crippen LogP contribution in [-0.4, -0.2) is 9.97 Å². The highest BCUT2D eigenvalue weighted by atomic mass is 32.2. The van der Waals surface area contributed by atoms with Gasteiger partial charge in [0.15, 0.2) is 0 Å². The Morgan fingerprint density at radius 1 is 0.897 bits per heavy atom. The predicted molar refractivity (Wildman–Crippen MR) is 89.9 cm³/mol. The Bertz CT molecular complexity index is 1010. The lowest BCUT2D eigenvalue weighted by molar-refractivity contribution is -0.140. The van der Waals surface area contributed by atoms with Gasteiger partial charge < -0.3 is 9.71 Å². The molecule has 0 fully saturated rings. The number of nitrogens with zero attached hydrogens (tertiary/aromatic N) is 1. The first kappa shape index (κ1) is 21.0. The summed E-state index contributed by atoms with van der Waals surface area (Å²) in [5.74, 6) is -2.93. The van der Waals surface area contributed by atoms with E-state index in [1.165, 1.54) is 12.3 Å². The first-order valence-electron chi connectivity index (χ1n) is 7.66. The number of H-pyrrole nitrogens is 1. The number of aromatic nitrogens is 2. The van der Waals surface area contributed by atoms with Crippen molar-refractivity contribution in [3.63, 3.8) is 0 Å². The lowest BCUT2D eigenvalue weighted by Crippen LogP contribution is -2.09. The lowest BCUT2D eigenvalue weighted by atomic mass is 10.2. The van der Waals surface area contributed by atoms with Crippen molar-refractivity contribution >= 4 is 17.6 Å². The third-order valence-electron chi connectivity index (χ3n) is 3.66. The minimum absolute atomic E-state index is 0.0485. The van der Waals surface area contributed by atoms with Crippen LogP contribution in [0.3, 0.4) is 0 Å². The molecular weight excluding hydrogens is 430 g/mol. The molecule has 0 unspecified atom stereocenters. The monoisotopic (exact) mass is 439 g/mol. The zero-order valence-electron chi connectivity index (χ0n) is 13.9. The maximum Gasteiger partial charge on any atom is 0.419 e. The number of rotatable bonds is 4. The number of halogens is 8. The third-order valence-corrected chi connectivity index (χ3v) is 4.46. The Hall–Kier alpha value is -2.76. The Balaban J connectivity index is 1.72. The van der Waals surface area contributed by atoms with Crippen molar-refractivity contribution in [2.75, 3.05) is 4.72 Å². The minimum atomic E-state index is -5.03. The SMILES string of the molecule is Fc1cc(C(F)(F)F)c(F)cc1NSc1c[nH]c(-c2ccc(C(F)(F)F)cn2)c1. The molecule has 0 saturated heterocycles. The molecule has 154 valence electrons. The van der Waals surface area contributed by atoms with Crippen molar-refractivity contribution < 1.29 is 35.1 Å². The van der Waals surface area contributed by atoms with Crippen molar-refractivity contribution in [3.8, 4) is 11.4 Å². The summed E-state index contributed by atoms with van der Waals surface area (Å²) in [4.78, 5) is 6.86. The van der Waals surface area contributed by atoms with Crippen LogP contribution in [0.25, 0.3) is 11.4 Å². The fourth-order valence-electron chi connectivity index (χ4n) is 2.26. The van der Waals surface area contributed by atoms with Gasteiger partial charge in [-0.3, -0.25) is 4.98 Å². The van der Waals surface area contributed by atoms with Crippen LogP contribution >= 0.6 is 11.9 Å². The molecule has 0 aliphatic rings. The van der Waals surface area contributed by atoms with E-state index in [9.17, 15) is 35.1 Å². The molecule has 0 amide bonds. The van der Waals surface area contributed by atoms with E-state index in [4.69, 9.17) is 0 Å². The van der Waals surface area contributed by atoms with Gasteiger partial charge in [0.25, 0.3) is 0 Å². The van der Waals surface area contributed by atoms with Gasteiger partial charge in [-0.2, -0.15) is 26.3 Å². The van der Waals surface area contributed by atoms with Gasteiger partial charge in [0.2, 0.25) is 0 Å². The first-order valence-corrected chi connectivity index (χ1v) is 8.48. The highest BCUT2D eigenvalue weighted by molar-refractivity contribution is 8.00. The molecule has 0 atom stereocenters. The van der Waals surface area contributed by atoms with Crippen LogP contribution in [-0.2, 0) is 12.4 Å². The molecule has 0 spiro atoms. The Kier molecular flexibility index (Phi) is 5.48. The van der Waals surface area contributed by atoms with Gasteiger partial charge in [-0.25, -0.2) is 8.78 Å². The maximum absolute atomic E-state index is 13.8. The summed E-state index contributed by atoms with van der Waals surface area (Å²) in [5.41, 5.74) is -2.58. The topological polar surface area (TPSA) is 40.7 Å². The lowest BCUT2D eigenvalue weighted by Gasteiger charge is -2.11. The fraction of sp³-hybridized carbons (Fsp3) is 0.118. The van der Waals surface area contributed by atoms with Crippen LogP contribution in [0.5, 0.6) is 0 Å². The molecule has 3 nitrogen and oxygen atoms in total. The van der Waals surface area contributed by atoms with Crippen LogP contribution in [0.15, 0.2) is 47.6 Å². The molecule has 2 heterocycles. The molecule has 0 aliphatic carbocycles. The van der Waals surface area contributed by atoms with Gasteiger partial charge in [-0.15, -0.1) is 0 Å². The molecule has 0 radical (unpaired) electrons. The molecule has 0 aliphatic heterocycles. The number of alkyl halides is 6. The van der Waals surface area contributed by atoms with Crippen LogP contribution in [0.4, 0.5) is 40.8 Å². The van der Waals surface area contributed by atoms with E-state index >= 15 is 0 Å². The zero-order valence-corrected chi connectivity index (χ0v) is 14.7. The summed E-state index contributed by atoms with van der Waals surface area (Å²) >= 11 is 0.756. The van der Waals surface area contributed by atoms with Gasteiger partial charge in [0, 0.05) is 23.4 Å². The molecule has 0 saturated carbocycles. The van der Waals surface area contributed by atoms with Crippen molar-refractivity contribution in [1.82, 2.24) is 9.97 Å². The number of anilines is 1. The molecule has 12 heteroatoms. The second-order valence-corrected chi connectivity index (χ2v) is 6.57. The maximum atomic E-state index is 13.8. The molecule has 2 aromatic heterocycles. The summed E-state index contributed by atoms with van der Waals surface area (Å²) in [6, 6.07) is 3.91. The molecule has 2 N–H and O–H groups in total. The molecule has 0 bridgehead atoms. The number of aromatic amines is 1. The molecular formula is C17H9F8N3S. The Morgan fingerprint density at radius 3 is 2.21 bits per heavy atom. The third kappa shape index (κ3) is 4.81. The van der Waals surface area contributed by atoms with Crippen molar-refractivity contribution in [2.24, 2.45) is 0 Å². The zero-order chi connectivity index (χ0) is 21.4. The van der Waals surface area contributed by atoms with Gasteiger partial charge in [0.1, 0.15) is 11.6 Å². The van der Waals surface area contributed by atoms with E-state index in [-0.39, 0.29) is 11.8 Å². The molecule has 3 rings (SSSR count). The van der Waals surface area contributed by atoms with Crippen molar-refractivity contribution in [2.45, 2.75) is 17.2 Å². The summed E-state index contributed by atoms with van der Waals surface area (Å²) < 4.78 is 105. The smallest absolute Gasteiger partial charge is 0.359 e. The number of hydrogen-bond acceptors (Lipinski definition) is 3. The predicted octanol–water partition coefficient (Wildman–Crippen LogP) is 6.51. The van der Waals surface area contributed by atoms with E-state index in [2.05, 4.69) is 14.7 Å².